The molecule has 0 aliphatic carbocycles. The Morgan fingerprint density at radius 1 is 1.10 bits per heavy atom. The third-order valence-corrected chi connectivity index (χ3v) is 4.03. The number of nitrogens with one attached hydrogen (secondary N) is 1. The zero-order chi connectivity index (χ0) is 14.7. The fourth-order valence-electron chi connectivity index (χ4n) is 2.16. The normalized spacial score (nSPS) is 13.8. The number of benzene rings is 2. The van der Waals surface area contributed by atoms with E-state index in [1.54, 1.807) is 6.92 Å². The van der Waals surface area contributed by atoms with Crippen LogP contribution in [0.15, 0.2) is 46.9 Å². The van der Waals surface area contributed by atoms with Gasteiger partial charge in [0.25, 0.3) is 0 Å². The standard InChI is InChI=1S/C16H17BrClNO/c1-10(13-8-7-12(17)9-15(13)18)19-16-6-4-3-5-14(16)11(2)20/h3-11,19-20H,1-2H3. The van der Waals surface area contributed by atoms with Crippen LogP contribution in [0.2, 0.25) is 5.02 Å². The van der Waals surface area contributed by atoms with Crippen molar-refractivity contribution in [3.8, 4) is 0 Å². The summed E-state index contributed by atoms with van der Waals surface area (Å²) in [5.74, 6) is 0. The van der Waals surface area contributed by atoms with Gasteiger partial charge in [0.1, 0.15) is 0 Å². The maximum absolute atomic E-state index is 9.81. The first-order chi connectivity index (χ1) is 9.49. The van der Waals surface area contributed by atoms with Gasteiger partial charge in [-0.25, -0.2) is 0 Å². The molecule has 0 saturated carbocycles. The highest BCUT2D eigenvalue weighted by Gasteiger charge is 2.13. The Labute approximate surface area is 132 Å². The molecule has 2 unspecified atom stereocenters. The molecule has 0 bridgehead atoms. The Hall–Kier alpha value is -1.03. The topological polar surface area (TPSA) is 32.3 Å². The van der Waals surface area contributed by atoms with Crippen LogP contribution in [-0.4, -0.2) is 5.11 Å². The third-order valence-electron chi connectivity index (χ3n) is 3.21. The molecule has 20 heavy (non-hydrogen) atoms. The summed E-state index contributed by atoms with van der Waals surface area (Å²) in [6.45, 7) is 3.81. The second-order valence-corrected chi connectivity index (χ2v) is 6.12. The number of anilines is 1. The van der Waals surface area contributed by atoms with E-state index in [0.717, 1.165) is 21.3 Å². The summed E-state index contributed by atoms with van der Waals surface area (Å²) in [5.41, 5.74) is 2.83. The molecular formula is C16H17BrClNO. The number of para-hydroxylation sites is 1. The van der Waals surface area contributed by atoms with Gasteiger partial charge in [-0.2, -0.15) is 0 Å². The van der Waals surface area contributed by atoms with Crippen LogP contribution < -0.4 is 5.32 Å². The average molecular weight is 355 g/mol. The van der Waals surface area contributed by atoms with E-state index in [-0.39, 0.29) is 6.04 Å². The van der Waals surface area contributed by atoms with Gasteiger partial charge in [0, 0.05) is 20.7 Å². The summed E-state index contributed by atoms with van der Waals surface area (Å²) in [4.78, 5) is 0. The smallest absolute Gasteiger partial charge is 0.0781 e. The third kappa shape index (κ3) is 3.54. The minimum absolute atomic E-state index is 0.0514. The summed E-state index contributed by atoms with van der Waals surface area (Å²) in [7, 11) is 0. The molecule has 2 aromatic carbocycles. The molecule has 2 rings (SSSR count). The maximum atomic E-state index is 9.81. The summed E-state index contributed by atoms with van der Waals surface area (Å²) in [6, 6.07) is 13.7. The van der Waals surface area contributed by atoms with Gasteiger partial charge in [0.15, 0.2) is 0 Å². The van der Waals surface area contributed by atoms with E-state index >= 15 is 0 Å². The Balaban J connectivity index is 2.26. The number of aliphatic hydroxyl groups is 1. The van der Waals surface area contributed by atoms with Crippen molar-refractivity contribution in [3.05, 3.63) is 63.1 Å². The molecule has 0 spiro atoms. The van der Waals surface area contributed by atoms with Gasteiger partial charge in [-0.3, -0.25) is 0 Å². The van der Waals surface area contributed by atoms with Crippen molar-refractivity contribution in [1.29, 1.82) is 0 Å². The van der Waals surface area contributed by atoms with Crippen LogP contribution in [0, 0.1) is 0 Å². The monoisotopic (exact) mass is 353 g/mol. The Morgan fingerprint density at radius 2 is 1.80 bits per heavy atom. The quantitative estimate of drug-likeness (QED) is 0.778. The van der Waals surface area contributed by atoms with Crippen molar-refractivity contribution < 1.29 is 5.11 Å². The van der Waals surface area contributed by atoms with Crippen molar-refractivity contribution in [2.24, 2.45) is 0 Å². The molecule has 4 heteroatoms. The maximum Gasteiger partial charge on any atom is 0.0781 e. The first-order valence-electron chi connectivity index (χ1n) is 6.47. The first kappa shape index (κ1) is 15.4. The molecule has 0 heterocycles. The number of aliphatic hydroxyl groups excluding tert-OH is 1. The Kier molecular flexibility index (Phi) is 5.08. The number of halogens is 2. The van der Waals surface area contributed by atoms with Crippen molar-refractivity contribution in [2.75, 3.05) is 5.32 Å². The molecule has 2 aromatic rings. The zero-order valence-electron chi connectivity index (χ0n) is 11.4. The van der Waals surface area contributed by atoms with Crippen LogP contribution in [0.1, 0.15) is 37.1 Å². The average Bonchev–Trinajstić information content (AvgIpc) is 2.38. The highest BCUT2D eigenvalue weighted by molar-refractivity contribution is 9.10. The molecule has 0 aromatic heterocycles. The van der Waals surface area contributed by atoms with E-state index in [1.807, 2.05) is 49.4 Å². The second-order valence-electron chi connectivity index (χ2n) is 4.80. The molecule has 0 fully saturated rings. The van der Waals surface area contributed by atoms with E-state index in [1.165, 1.54) is 0 Å². The van der Waals surface area contributed by atoms with E-state index in [2.05, 4.69) is 21.2 Å². The molecular weight excluding hydrogens is 338 g/mol. The van der Waals surface area contributed by atoms with Gasteiger partial charge in [-0.05, 0) is 37.6 Å². The van der Waals surface area contributed by atoms with E-state index in [0.29, 0.717) is 5.02 Å². The molecule has 0 saturated heterocycles. The lowest BCUT2D eigenvalue weighted by atomic mass is 10.0. The predicted octanol–water partition coefficient (Wildman–Crippen LogP) is 5.33. The lowest BCUT2D eigenvalue weighted by Crippen LogP contribution is -2.09. The Morgan fingerprint density at radius 3 is 2.45 bits per heavy atom. The van der Waals surface area contributed by atoms with Crippen molar-refractivity contribution in [1.82, 2.24) is 0 Å². The molecule has 2 atom stereocenters. The van der Waals surface area contributed by atoms with Crippen LogP contribution in [-0.2, 0) is 0 Å². The summed E-state index contributed by atoms with van der Waals surface area (Å²) in [6.07, 6.45) is -0.508. The van der Waals surface area contributed by atoms with Gasteiger partial charge in [0.05, 0.1) is 12.1 Å². The van der Waals surface area contributed by atoms with Crippen LogP contribution in [0.25, 0.3) is 0 Å². The van der Waals surface area contributed by atoms with E-state index < -0.39 is 6.10 Å². The minimum Gasteiger partial charge on any atom is -0.389 e. The summed E-state index contributed by atoms with van der Waals surface area (Å²) >= 11 is 9.68. The van der Waals surface area contributed by atoms with Gasteiger partial charge < -0.3 is 10.4 Å². The second kappa shape index (κ2) is 6.61. The predicted molar refractivity (Wildman–Crippen MR) is 88.3 cm³/mol. The van der Waals surface area contributed by atoms with Gasteiger partial charge in [0.2, 0.25) is 0 Å². The molecule has 2 N–H and O–H groups in total. The van der Waals surface area contributed by atoms with E-state index in [9.17, 15) is 5.11 Å². The van der Waals surface area contributed by atoms with Crippen molar-refractivity contribution >= 4 is 33.2 Å². The summed E-state index contributed by atoms with van der Waals surface area (Å²) in [5, 5.41) is 13.9. The largest absolute Gasteiger partial charge is 0.389 e. The zero-order valence-corrected chi connectivity index (χ0v) is 13.7. The molecule has 2 nitrogen and oxygen atoms in total. The highest BCUT2D eigenvalue weighted by atomic mass is 79.9. The lowest BCUT2D eigenvalue weighted by molar-refractivity contribution is 0.200. The van der Waals surface area contributed by atoms with Crippen LogP contribution in [0.3, 0.4) is 0 Å². The number of rotatable bonds is 4. The molecule has 0 amide bonds. The highest BCUT2D eigenvalue weighted by Crippen LogP contribution is 2.31. The van der Waals surface area contributed by atoms with Crippen LogP contribution in [0.4, 0.5) is 5.69 Å². The summed E-state index contributed by atoms with van der Waals surface area (Å²) < 4.78 is 0.961. The number of hydrogen-bond acceptors (Lipinski definition) is 2. The molecule has 106 valence electrons. The van der Waals surface area contributed by atoms with Crippen molar-refractivity contribution in [3.63, 3.8) is 0 Å². The van der Waals surface area contributed by atoms with Crippen molar-refractivity contribution in [2.45, 2.75) is 26.0 Å². The molecule has 0 aliphatic heterocycles. The SMILES string of the molecule is CC(O)c1ccccc1NC(C)c1ccc(Br)cc1Cl. The van der Waals surface area contributed by atoms with Crippen LogP contribution >= 0.6 is 27.5 Å². The van der Waals surface area contributed by atoms with Gasteiger partial charge in [-0.15, -0.1) is 0 Å². The van der Waals surface area contributed by atoms with E-state index in [4.69, 9.17) is 11.6 Å². The number of hydrogen-bond donors (Lipinski definition) is 2. The van der Waals surface area contributed by atoms with Crippen LogP contribution in [0.5, 0.6) is 0 Å². The lowest BCUT2D eigenvalue weighted by Gasteiger charge is -2.20. The molecule has 0 aliphatic rings. The Bertz CT molecular complexity index is 601. The molecule has 0 radical (unpaired) electrons. The van der Waals surface area contributed by atoms with Gasteiger partial charge in [-0.1, -0.05) is 51.8 Å². The van der Waals surface area contributed by atoms with Gasteiger partial charge >= 0.3 is 0 Å². The minimum atomic E-state index is -0.508. The fourth-order valence-corrected chi connectivity index (χ4v) is 2.99. The fraction of sp³-hybridized carbons (Fsp3) is 0.250. The first-order valence-corrected chi connectivity index (χ1v) is 7.64.